The molecular formula is C24H32N10O6. The Labute approximate surface area is 229 Å². The summed E-state index contributed by atoms with van der Waals surface area (Å²) in [4.78, 5) is 69.9. The van der Waals surface area contributed by atoms with Crippen molar-refractivity contribution in [3.05, 3.63) is 42.0 Å². The predicted molar refractivity (Wildman–Crippen MR) is 144 cm³/mol. The molecule has 3 rings (SSSR count). The van der Waals surface area contributed by atoms with E-state index in [4.69, 9.17) is 10.5 Å². The van der Waals surface area contributed by atoms with Gasteiger partial charge in [-0.15, -0.1) is 0 Å². The zero-order valence-electron chi connectivity index (χ0n) is 22.6. The second-order valence-electron chi connectivity index (χ2n) is 8.63. The van der Waals surface area contributed by atoms with E-state index in [0.29, 0.717) is 0 Å². The molecule has 0 unspecified atom stereocenters. The third-order valence-electron chi connectivity index (χ3n) is 5.49. The Morgan fingerprint density at radius 2 is 1.45 bits per heavy atom. The summed E-state index contributed by atoms with van der Waals surface area (Å²) >= 11 is 0. The van der Waals surface area contributed by atoms with Crippen molar-refractivity contribution in [1.82, 2.24) is 29.0 Å². The van der Waals surface area contributed by atoms with Crippen molar-refractivity contribution >= 4 is 46.9 Å². The number of nitrogens with two attached hydrogens (primary N) is 1. The molecule has 4 amide bonds. The van der Waals surface area contributed by atoms with Crippen molar-refractivity contribution in [1.29, 1.82) is 0 Å². The number of carbonyl (C=O) groups excluding carboxylic acids is 5. The van der Waals surface area contributed by atoms with E-state index in [0.717, 1.165) is 0 Å². The van der Waals surface area contributed by atoms with Gasteiger partial charge < -0.3 is 45.4 Å². The van der Waals surface area contributed by atoms with Crippen LogP contribution >= 0.6 is 0 Å². The molecule has 0 aliphatic heterocycles. The monoisotopic (exact) mass is 556 g/mol. The number of imidazole rings is 2. The number of ether oxygens (including phenoxy) is 1. The molecule has 6 N–H and O–H groups in total. The van der Waals surface area contributed by atoms with Gasteiger partial charge in [-0.3, -0.25) is 19.2 Å². The van der Waals surface area contributed by atoms with E-state index in [1.807, 2.05) is 0 Å². The van der Waals surface area contributed by atoms with E-state index in [1.165, 1.54) is 26.1 Å². The summed E-state index contributed by atoms with van der Waals surface area (Å²) < 4.78 is 9.31. The molecule has 0 aromatic carbocycles. The van der Waals surface area contributed by atoms with Gasteiger partial charge in [-0.2, -0.15) is 0 Å². The van der Waals surface area contributed by atoms with Gasteiger partial charge in [0.1, 0.15) is 5.69 Å². The zero-order valence-corrected chi connectivity index (χ0v) is 22.6. The fraction of sp³-hybridized carbons (Fsp3) is 0.375. The highest BCUT2D eigenvalue weighted by atomic mass is 16.5. The first-order valence-electron chi connectivity index (χ1n) is 12.3. The van der Waals surface area contributed by atoms with E-state index in [9.17, 15) is 24.0 Å². The fourth-order valence-corrected chi connectivity index (χ4v) is 3.66. The maximum atomic E-state index is 12.9. The maximum Gasteiger partial charge on any atom is 0.374 e. The summed E-state index contributed by atoms with van der Waals surface area (Å²) in [7, 11) is 4.82. The van der Waals surface area contributed by atoms with Crippen molar-refractivity contribution in [3.8, 4) is 0 Å². The Morgan fingerprint density at radius 1 is 0.850 bits per heavy atom. The molecule has 3 aromatic heterocycles. The first kappa shape index (κ1) is 29.6. The number of aryl methyl sites for hydroxylation is 3. The summed E-state index contributed by atoms with van der Waals surface area (Å²) in [6.07, 6.45) is 4.59. The van der Waals surface area contributed by atoms with Crippen LogP contribution in [0.1, 0.15) is 51.5 Å². The number of esters is 1. The highest BCUT2D eigenvalue weighted by Crippen LogP contribution is 2.18. The van der Waals surface area contributed by atoms with Gasteiger partial charge in [0.2, 0.25) is 23.5 Å². The van der Waals surface area contributed by atoms with E-state index in [-0.39, 0.29) is 73.1 Å². The van der Waals surface area contributed by atoms with Crippen LogP contribution in [-0.4, -0.2) is 73.0 Å². The van der Waals surface area contributed by atoms with Crippen LogP contribution in [0.5, 0.6) is 0 Å². The Bertz CT molecular complexity index is 1420. The lowest BCUT2D eigenvalue weighted by atomic mass is 10.3. The number of aromatic nitrogens is 5. The topological polar surface area (TPSA) is 209 Å². The normalized spacial score (nSPS) is 10.6. The van der Waals surface area contributed by atoms with Crippen LogP contribution in [0.15, 0.2) is 24.7 Å². The highest BCUT2D eigenvalue weighted by Gasteiger charge is 2.21. The maximum absolute atomic E-state index is 12.9. The number of hydrogen-bond acceptors (Lipinski definition) is 9. The van der Waals surface area contributed by atoms with Crippen molar-refractivity contribution in [3.63, 3.8) is 0 Å². The lowest BCUT2D eigenvalue weighted by Crippen LogP contribution is -2.30. The Morgan fingerprint density at radius 3 is 2.08 bits per heavy atom. The Kier molecular flexibility index (Phi) is 9.75. The lowest BCUT2D eigenvalue weighted by molar-refractivity contribution is -0.116. The quantitative estimate of drug-likeness (QED) is 0.189. The molecule has 0 atom stereocenters. The molecule has 0 aliphatic rings. The smallest absolute Gasteiger partial charge is 0.374 e. The molecule has 40 heavy (non-hydrogen) atoms. The van der Waals surface area contributed by atoms with Gasteiger partial charge in [0, 0.05) is 65.7 Å². The molecule has 3 heterocycles. The molecule has 0 bridgehead atoms. The number of carbonyl (C=O) groups is 5. The van der Waals surface area contributed by atoms with E-state index < -0.39 is 23.7 Å². The van der Waals surface area contributed by atoms with Crippen LogP contribution in [0.3, 0.4) is 0 Å². The number of nitrogens with zero attached hydrogens (tertiary/aromatic N) is 5. The predicted octanol–water partition coefficient (Wildman–Crippen LogP) is -0.0330. The summed E-state index contributed by atoms with van der Waals surface area (Å²) in [5.41, 5.74) is 5.75. The van der Waals surface area contributed by atoms with Gasteiger partial charge in [-0.05, 0) is 13.0 Å². The highest BCUT2D eigenvalue weighted by molar-refractivity contribution is 6.07. The summed E-state index contributed by atoms with van der Waals surface area (Å²) in [6.45, 7) is 2.04. The second-order valence-corrected chi connectivity index (χ2v) is 8.63. The number of nitrogens with one attached hydrogen (secondary N) is 4. The van der Waals surface area contributed by atoms with Gasteiger partial charge in [0.25, 0.3) is 11.8 Å². The largest absolute Gasteiger partial charge is 0.460 e. The molecule has 0 fully saturated rings. The Hall–Kier alpha value is -4.99. The number of hydrogen-bond donors (Lipinski definition) is 5. The van der Waals surface area contributed by atoms with Crippen molar-refractivity contribution in [2.45, 2.75) is 19.8 Å². The molecule has 214 valence electrons. The minimum absolute atomic E-state index is 0.00791. The molecule has 0 spiro atoms. The fourth-order valence-electron chi connectivity index (χ4n) is 3.66. The van der Waals surface area contributed by atoms with Crippen LogP contribution < -0.4 is 27.0 Å². The minimum atomic E-state index is -0.610. The van der Waals surface area contributed by atoms with Gasteiger partial charge in [-0.1, -0.05) is 0 Å². The zero-order chi connectivity index (χ0) is 29.4. The summed E-state index contributed by atoms with van der Waals surface area (Å²) in [6, 6.07) is 1.55. The molecule has 0 aliphatic carbocycles. The third-order valence-corrected chi connectivity index (χ3v) is 5.49. The SMILES string of the molecule is CCOC(=O)c1nc(NC(=O)CCNC(=O)c2c(NC(=O)c3nc(NC(=O)CCN)cn3C)ccn2C)cn1C. The summed E-state index contributed by atoms with van der Waals surface area (Å²) in [5, 5.41) is 10.4. The van der Waals surface area contributed by atoms with Crippen LogP contribution in [-0.2, 0) is 35.5 Å². The molecule has 16 heteroatoms. The minimum Gasteiger partial charge on any atom is -0.460 e. The van der Waals surface area contributed by atoms with Gasteiger partial charge in [0.05, 0.1) is 12.3 Å². The molecule has 0 saturated carbocycles. The van der Waals surface area contributed by atoms with Gasteiger partial charge in [0.15, 0.2) is 11.6 Å². The van der Waals surface area contributed by atoms with Crippen LogP contribution in [0.25, 0.3) is 0 Å². The van der Waals surface area contributed by atoms with Crippen LogP contribution in [0.2, 0.25) is 0 Å². The van der Waals surface area contributed by atoms with Crippen molar-refractivity contribution < 1.29 is 28.7 Å². The number of amides is 4. The molecule has 0 radical (unpaired) electrons. The number of rotatable bonds is 12. The average Bonchev–Trinajstić information content (AvgIpc) is 3.55. The third kappa shape index (κ3) is 7.31. The number of anilines is 3. The van der Waals surface area contributed by atoms with E-state index in [1.54, 1.807) is 40.3 Å². The first-order valence-corrected chi connectivity index (χ1v) is 12.3. The second kappa shape index (κ2) is 13.2. The van der Waals surface area contributed by atoms with E-state index in [2.05, 4.69) is 31.2 Å². The molecule has 16 nitrogen and oxygen atoms in total. The lowest BCUT2D eigenvalue weighted by Gasteiger charge is -2.10. The van der Waals surface area contributed by atoms with Crippen LogP contribution in [0, 0.1) is 0 Å². The van der Waals surface area contributed by atoms with Crippen molar-refractivity contribution in [2.75, 3.05) is 35.6 Å². The standard InChI is InChI=1S/C24H32N10O6/c1-5-40-24(39)21-31-16(13-34(21)4)29-18(36)7-10-26-22(37)19-14(8-11-32(19)2)27-23(38)20-30-15(12-33(20)3)28-17(35)6-9-25/h8,11-13H,5-7,9-10,25H2,1-4H3,(H,26,37)(H,27,38)(H,28,35)(H,29,36). The molecule has 3 aromatic rings. The Balaban J connectivity index is 1.57. The summed E-state index contributed by atoms with van der Waals surface area (Å²) in [5.74, 6) is -2.07. The van der Waals surface area contributed by atoms with Gasteiger partial charge >= 0.3 is 5.97 Å². The van der Waals surface area contributed by atoms with Crippen molar-refractivity contribution in [2.24, 2.45) is 26.9 Å². The molecule has 0 saturated heterocycles. The van der Waals surface area contributed by atoms with E-state index >= 15 is 0 Å². The average molecular weight is 557 g/mol. The first-order chi connectivity index (χ1) is 19.0. The molecular weight excluding hydrogens is 524 g/mol. The van der Waals surface area contributed by atoms with Gasteiger partial charge in [-0.25, -0.2) is 14.8 Å². The van der Waals surface area contributed by atoms with Crippen LogP contribution in [0.4, 0.5) is 17.3 Å².